The van der Waals surface area contributed by atoms with E-state index in [-0.39, 0.29) is 6.10 Å². The molecule has 0 saturated carbocycles. The predicted molar refractivity (Wildman–Crippen MR) is 82.6 cm³/mol. The van der Waals surface area contributed by atoms with Crippen molar-refractivity contribution in [1.82, 2.24) is 10.0 Å². The number of sulfonamides is 1. The van der Waals surface area contributed by atoms with Crippen molar-refractivity contribution in [3.05, 3.63) is 17.0 Å². The Balaban J connectivity index is 2.46. The summed E-state index contributed by atoms with van der Waals surface area (Å²) >= 11 is 1.30. The maximum Gasteiger partial charge on any atom is 0.250 e. The van der Waals surface area contributed by atoms with Crippen LogP contribution in [0.4, 0.5) is 0 Å². The second kappa shape index (κ2) is 8.74. The van der Waals surface area contributed by atoms with Crippen LogP contribution in [0.5, 0.6) is 0 Å². The molecule has 20 heavy (non-hydrogen) atoms. The third kappa shape index (κ3) is 6.32. The topological polar surface area (TPSA) is 67.4 Å². The summed E-state index contributed by atoms with van der Waals surface area (Å²) in [5.41, 5.74) is 0. The van der Waals surface area contributed by atoms with E-state index in [4.69, 9.17) is 4.74 Å². The predicted octanol–water partition coefficient (Wildman–Crippen LogP) is 1.95. The fourth-order valence-electron chi connectivity index (χ4n) is 1.53. The van der Waals surface area contributed by atoms with Crippen LogP contribution < -0.4 is 10.0 Å². The highest BCUT2D eigenvalue weighted by atomic mass is 32.2. The molecular weight excluding hydrogens is 296 g/mol. The highest BCUT2D eigenvalue weighted by molar-refractivity contribution is 7.91. The first kappa shape index (κ1) is 17.6. The van der Waals surface area contributed by atoms with Crippen molar-refractivity contribution in [3.63, 3.8) is 0 Å². The van der Waals surface area contributed by atoms with E-state index >= 15 is 0 Å². The zero-order chi connectivity index (χ0) is 15.0. The van der Waals surface area contributed by atoms with E-state index in [1.807, 2.05) is 19.9 Å². The fourth-order valence-corrected chi connectivity index (χ4v) is 3.91. The first-order valence-electron chi connectivity index (χ1n) is 6.86. The van der Waals surface area contributed by atoms with Crippen molar-refractivity contribution >= 4 is 21.4 Å². The van der Waals surface area contributed by atoms with Gasteiger partial charge in [0.05, 0.1) is 12.7 Å². The first-order chi connectivity index (χ1) is 9.45. The Morgan fingerprint density at radius 2 is 2.05 bits per heavy atom. The molecule has 0 radical (unpaired) electrons. The van der Waals surface area contributed by atoms with Crippen molar-refractivity contribution in [2.45, 2.75) is 44.0 Å². The molecule has 1 aromatic heterocycles. The molecule has 0 atom stereocenters. The normalized spacial score (nSPS) is 12.2. The van der Waals surface area contributed by atoms with Gasteiger partial charge in [0.15, 0.2) is 0 Å². The van der Waals surface area contributed by atoms with Gasteiger partial charge in [0.2, 0.25) is 10.0 Å². The largest absolute Gasteiger partial charge is 0.377 e. The summed E-state index contributed by atoms with van der Waals surface area (Å²) in [4.78, 5) is 1.03. The smallest absolute Gasteiger partial charge is 0.250 e. The summed E-state index contributed by atoms with van der Waals surface area (Å²) in [6, 6.07) is 3.51. The molecule has 0 bridgehead atoms. The maximum absolute atomic E-state index is 12.0. The second-order valence-electron chi connectivity index (χ2n) is 4.71. The van der Waals surface area contributed by atoms with Crippen molar-refractivity contribution in [2.75, 3.05) is 19.7 Å². The summed E-state index contributed by atoms with van der Waals surface area (Å²) in [6.07, 6.45) is 1.17. The van der Waals surface area contributed by atoms with E-state index in [2.05, 4.69) is 17.0 Å². The van der Waals surface area contributed by atoms with Crippen LogP contribution >= 0.6 is 11.3 Å². The third-order valence-electron chi connectivity index (χ3n) is 2.47. The quantitative estimate of drug-likeness (QED) is 0.647. The Kier molecular flexibility index (Phi) is 7.68. The molecule has 0 spiro atoms. The Morgan fingerprint density at radius 1 is 1.30 bits per heavy atom. The lowest BCUT2D eigenvalue weighted by molar-refractivity contribution is 0.0834. The Bertz CT molecular complexity index is 484. The minimum Gasteiger partial charge on any atom is -0.377 e. The lowest BCUT2D eigenvalue weighted by Crippen LogP contribution is -2.27. The number of ether oxygens (including phenoxy) is 1. The van der Waals surface area contributed by atoms with E-state index in [9.17, 15) is 8.42 Å². The minimum absolute atomic E-state index is 0.109. The van der Waals surface area contributed by atoms with E-state index in [1.54, 1.807) is 6.07 Å². The Labute approximate surface area is 125 Å². The Hall–Kier alpha value is -0.470. The van der Waals surface area contributed by atoms with Gasteiger partial charge < -0.3 is 10.1 Å². The van der Waals surface area contributed by atoms with Gasteiger partial charge in [-0.25, -0.2) is 13.1 Å². The van der Waals surface area contributed by atoms with Crippen LogP contribution in [0.15, 0.2) is 16.3 Å². The monoisotopic (exact) mass is 320 g/mol. The molecule has 1 aromatic rings. The number of hydrogen-bond donors (Lipinski definition) is 2. The molecule has 0 aliphatic rings. The average molecular weight is 320 g/mol. The number of hydrogen-bond acceptors (Lipinski definition) is 5. The van der Waals surface area contributed by atoms with Gasteiger partial charge in [-0.05, 0) is 38.9 Å². The molecule has 0 unspecified atom stereocenters. The van der Waals surface area contributed by atoms with Crippen molar-refractivity contribution in [2.24, 2.45) is 0 Å². The van der Waals surface area contributed by atoms with Gasteiger partial charge >= 0.3 is 0 Å². The standard InChI is InChI=1S/C13H24N2O3S2/c1-4-7-14-10-12-5-6-13(19-12)20(16,17)15-8-9-18-11(2)3/h5-6,11,14-15H,4,7-10H2,1-3H3. The van der Waals surface area contributed by atoms with Crippen molar-refractivity contribution in [3.8, 4) is 0 Å². The maximum atomic E-state index is 12.0. The summed E-state index contributed by atoms with van der Waals surface area (Å²) < 4.78 is 32.3. The molecule has 0 saturated heterocycles. The lowest BCUT2D eigenvalue weighted by Gasteiger charge is -2.08. The molecule has 0 aliphatic carbocycles. The van der Waals surface area contributed by atoms with Gasteiger partial charge in [0.25, 0.3) is 0 Å². The van der Waals surface area contributed by atoms with Crippen LogP contribution in [0.25, 0.3) is 0 Å². The molecule has 2 N–H and O–H groups in total. The van der Waals surface area contributed by atoms with E-state index < -0.39 is 10.0 Å². The highest BCUT2D eigenvalue weighted by Crippen LogP contribution is 2.21. The summed E-state index contributed by atoms with van der Waals surface area (Å²) in [7, 11) is -3.41. The molecule has 1 rings (SSSR count). The van der Waals surface area contributed by atoms with Gasteiger partial charge in [-0.2, -0.15) is 0 Å². The van der Waals surface area contributed by atoms with Gasteiger partial charge in [-0.3, -0.25) is 0 Å². The number of nitrogens with one attached hydrogen (secondary N) is 2. The van der Waals surface area contributed by atoms with E-state index in [0.29, 0.717) is 23.9 Å². The average Bonchev–Trinajstić information content (AvgIpc) is 2.84. The third-order valence-corrected chi connectivity index (χ3v) is 5.51. The SMILES string of the molecule is CCCNCc1ccc(S(=O)(=O)NCCOC(C)C)s1. The molecule has 0 aliphatic heterocycles. The number of thiophene rings is 1. The van der Waals surface area contributed by atoms with Crippen LogP contribution in [-0.4, -0.2) is 34.2 Å². The van der Waals surface area contributed by atoms with E-state index in [1.165, 1.54) is 11.3 Å². The molecule has 1 heterocycles. The molecule has 0 amide bonds. The van der Waals surface area contributed by atoms with Crippen molar-refractivity contribution in [1.29, 1.82) is 0 Å². The molecule has 7 heteroatoms. The molecule has 116 valence electrons. The van der Waals surface area contributed by atoms with Crippen LogP contribution in [0.1, 0.15) is 32.1 Å². The van der Waals surface area contributed by atoms with Crippen LogP contribution in [0, 0.1) is 0 Å². The first-order valence-corrected chi connectivity index (χ1v) is 9.16. The molecule has 5 nitrogen and oxygen atoms in total. The molecule has 0 fully saturated rings. The fraction of sp³-hybridized carbons (Fsp3) is 0.692. The molecular formula is C13H24N2O3S2. The van der Waals surface area contributed by atoms with Gasteiger partial charge in [-0.1, -0.05) is 6.92 Å². The molecule has 0 aromatic carbocycles. The van der Waals surface area contributed by atoms with Gasteiger partial charge in [-0.15, -0.1) is 11.3 Å². The second-order valence-corrected chi connectivity index (χ2v) is 7.88. The zero-order valence-corrected chi connectivity index (χ0v) is 13.9. The van der Waals surface area contributed by atoms with Crippen LogP contribution in [0.3, 0.4) is 0 Å². The van der Waals surface area contributed by atoms with Crippen molar-refractivity contribution < 1.29 is 13.2 Å². The number of rotatable bonds is 10. The Morgan fingerprint density at radius 3 is 2.70 bits per heavy atom. The van der Waals surface area contributed by atoms with Crippen LogP contribution in [-0.2, 0) is 21.3 Å². The van der Waals surface area contributed by atoms with Crippen LogP contribution in [0.2, 0.25) is 0 Å². The summed E-state index contributed by atoms with van der Waals surface area (Å²) in [5.74, 6) is 0. The summed E-state index contributed by atoms with van der Waals surface area (Å²) in [6.45, 7) is 8.26. The van der Waals surface area contributed by atoms with Gasteiger partial charge in [0, 0.05) is 18.0 Å². The van der Waals surface area contributed by atoms with Gasteiger partial charge in [0.1, 0.15) is 4.21 Å². The highest BCUT2D eigenvalue weighted by Gasteiger charge is 2.16. The summed E-state index contributed by atoms with van der Waals surface area (Å²) in [5, 5.41) is 3.26. The lowest BCUT2D eigenvalue weighted by atomic mass is 10.4. The van der Waals surface area contributed by atoms with E-state index in [0.717, 1.165) is 17.8 Å². The minimum atomic E-state index is -3.41. The zero-order valence-electron chi connectivity index (χ0n) is 12.3.